The molecule has 2 nitrogen and oxygen atoms in total. The molecular formula is C5H7BrN2. The number of rotatable bonds is 1. The Labute approximate surface area is 56.7 Å². The van der Waals surface area contributed by atoms with Crippen LogP contribution in [0.25, 0.3) is 0 Å². The van der Waals surface area contributed by atoms with Crippen LogP contribution in [0.5, 0.6) is 0 Å². The molecule has 0 atom stereocenters. The molecule has 0 aliphatic rings. The molecule has 0 saturated heterocycles. The number of aryl methyl sites for hydroxylation is 1. The molecule has 44 valence electrons. The van der Waals surface area contributed by atoms with E-state index in [1.807, 2.05) is 17.8 Å². The highest BCUT2D eigenvalue weighted by atomic mass is 79.9. The van der Waals surface area contributed by atoms with Gasteiger partial charge in [-0.05, 0) is 0 Å². The lowest BCUT2D eigenvalue weighted by Crippen LogP contribution is -1.91. The van der Waals surface area contributed by atoms with Crippen LogP contribution in [0.2, 0.25) is 0 Å². The maximum Gasteiger partial charge on any atom is 0.119 e. The molecule has 1 aromatic heterocycles. The second-order valence-electron chi connectivity index (χ2n) is 1.59. The van der Waals surface area contributed by atoms with E-state index in [4.69, 9.17) is 0 Å². The quantitative estimate of drug-likeness (QED) is 0.588. The number of aromatic nitrogens is 2. The van der Waals surface area contributed by atoms with Gasteiger partial charge >= 0.3 is 0 Å². The van der Waals surface area contributed by atoms with E-state index in [-0.39, 0.29) is 0 Å². The molecule has 1 heterocycles. The molecule has 1 rings (SSSR count). The van der Waals surface area contributed by atoms with E-state index in [9.17, 15) is 0 Å². The van der Waals surface area contributed by atoms with Crippen LogP contribution < -0.4 is 0 Å². The number of hydrogen-bond donors (Lipinski definition) is 0. The number of nitrogens with zero attached hydrogens (tertiary/aromatic N) is 2. The van der Waals surface area contributed by atoms with Gasteiger partial charge in [-0.15, -0.1) is 0 Å². The molecule has 0 spiro atoms. The average molecular weight is 175 g/mol. The van der Waals surface area contributed by atoms with E-state index < -0.39 is 0 Å². The number of halogens is 1. The predicted octanol–water partition coefficient (Wildman–Crippen LogP) is 1.31. The van der Waals surface area contributed by atoms with E-state index in [2.05, 4.69) is 20.9 Å². The van der Waals surface area contributed by atoms with Gasteiger partial charge in [0.1, 0.15) is 5.82 Å². The lowest BCUT2D eigenvalue weighted by atomic mass is 10.7. The second kappa shape index (κ2) is 2.31. The van der Waals surface area contributed by atoms with Crippen molar-refractivity contribution in [2.45, 2.75) is 5.33 Å². The third-order valence-corrected chi connectivity index (χ3v) is 1.54. The minimum atomic E-state index is 0.830. The van der Waals surface area contributed by atoms with E-state index >= 15 is 0 Å². The first-order valence-corrected chi connectivity index (χ1v) is 3.49. The third-order valence-electron chi connectivity index (χ3n) is 1.04. The molecule has 8 heavy (non-hydrogen) atoms. The fourth-order valence-corrected chi connectivity index (χ4v) is 1.07. The fourth-order valence-electron chi connectivity index (χ4n) is 0.525. The highest BCUT2D eigenvalue weighted by Gasteiger charge is 1.91. The highest BCUT2D eigenvalue weighted by Crippen LogP contribution is 1.98. The van der Waals surface area contributed by atoms with Gasteiger partial charge in [-0.1, -0.05) is 15.9 Å². The second-order valence-corrected chi connectivity index (χ2v) is 2.15. The Morgan fingerprint density at radius 2 is 2.62 bits per heavy atom. The zero-order valence-corrected chi connectivity index (χ0v) is 6.22. The van der Waals surface area contributed by atoms with Gasteiger partial charge in [0.15, 0.2) is 0 Å². The van der Waals surface area contributed by atoms with Crippen molar-refractivity contribution in [1.82, 2.24) is 9.55 Å². The van der Waals surface area contributed by atoms with Crippen molar-refractivity contribution in [2.24, 2.45) is 7.05 Å². The zero-order valence-electron chi connectivity index (χ0n) is 4.63. The average Bonchev–Trinajstić information content (AvgIpc) is 2.14. The molecule has 0 unspecified atom stereocenters. The lowest BCUT2D eigenvalue weighted by molar-refractivity contribution is 0.852. The van der Waals surface area contributed by atoms with Gasteiger partial charge in [0, 0.05) is 19.4 Å². The van der Waals surface area contributed by atoms with Gasteiger partial charge in [-0.3, -0.25) is 0 Å². The Hall–Kier alpha value is -0.310. The van der Waals surface area contributed by atoms with Gasteiger partial charge in [-0.2, -0.15) is 0 Å². The molecule has 0 bridgehead atoms. The molecule has 0 amide bonds. The first-order valence-electron chi connectivity index (χ1n) is 2.36. The summed E-state index contributed by atoms with van der Waals surface area (Å²) in [6, 6.07) is 0. The molecule has 0 radical (unpaired) electrons. The van der Waals surface area contributed by atoms with Crippen LogP contribution in [0.3, 0.4) is 0 Å². The summed E-state index contributed by atoms with van der Waals surface area (Å²) < 4.78 is 1.98. The Bertz CT molecular complexity index is 171. The van der Waals surface area contributed by atoms with Crippen molar-refractivity contribution in [3.8, 4) is 0 Å². The fraction of sp³-hybridized carbons (Fsp3) is 0.400. The largest absolute Gasteiger partial charge is 0.337 e. The molecule has 3 heteroatoms. The molecular weight excluding hydrogens is 168 g/mol. The van der Waals surface area contributed by atoms with Gasteiger partial charge in [0.05, 0.1) is 5.33 Å². The summed E-state index contributed by atoms with van der Waals surface area (Å²) in [6.45, 7) is 0. The van der Waals surface area contributed by atoms with Gasteiger partial charge in [0.2, 0.25) is 0 Å². The third kappa shape index (κ3) is 0.916. The summed E-state index contributed by atoms with van der Waals surface area (Å²) in [5, 5.41) is 0.830. The summed E-state index contributed by atoms with van der Waals surface area (Å²) >= 11 is 3.30. The van der Waals surface area contributed by atoms with Crippen molar-refractivity contribution in [3.63, 3.8) is 0 Å². The Kier molecular flexibility index (Phi) is 1.68. The summed E-state index contributed by atoms with van der Waals surface area (Å²) in [6.07, 6.45) is 3.72. The summed E-state index contributed by atoms with van der Waals surface area (Å²) in [5.41, 5.74) is 0. The Balaban J connectivity index is 2.92. The molecule has 0 fully saturated rings. The molecule has 0 aliphatic carbocycles. The van der Waals surface area contributed by atoms with Crippen molar-refractivity contribution in [3.05, 3.63) is 18.2 Å². The smallest absolute Gasteiger partial charge is 0.119 e. The Morgan fingerprint density at radius 3 is 2.88 bits per heavy atom. The van der Waals surface area contributed by atoms with Crippen LogP contribution in [0, 0.1) is 0 Å². The molecule has 0 aliphatic heterocycles. The first kappa shape index (κ1) is 5.82. The van der Waals surface area contributed by atoms with E-state index in [1.54, 1.807) is 6.20 Å². The standard InChI is InChI=1S/C5H7BrN2/c1-8-3-2-7-5(8)4-6/h2-3H,4H2,1H3. The monoisotopic (exact) mass is 174 g/mol. The number of hydrogen-bond acceptors (Lipinski definition) is 1. The topological polar surface area (TPSA) is 17.8 Å². The SMILES string of the molecule is Cn1ccnc1CBr. The van der Waals surface area contributed by atoms with Crippen LogP contribution >= 0.6 is 15.9 Å². The molecule has 1 aromatic rings. The zero-order chi connectivity index (χ0) is 5.98. The van der Waals surface area contributed by atoms with Crippen LogP contribution in [-0.2, 0) is 12.4 Å². The van der Waals surface area contributed by atoms with Crippen molar-refractivity contribution in [1.29, 1.82) is 0 Å². The van der Waals surface area contributed by atoms with Crippen LogP contribution in [0.1, 0.15) is 5.82 Å². The number of alkyl halides is 1. The van der Waals surface area contributed by atoms with E-state index in [0.29, 0.717) is 0 Å². The normalized spacial score (nSPS) is 9.75. The minimum absolute atomic E-state index is 0.830. The molecule has 0 N–H and O–H groups in total. The van der Waals surface area contributed by atoms with Gasteiger partial charge < -0.3 is 4.57 Å². The van der Waals surface area contributed by atoms with Crippen LogP contribution in [0.4, 0.5) is 0 Å². The summed E-state index contributed by atoms with van der Waals surface area (Å²) in [7, 11) is 1.98. The van der Waals surface area contributed by atoms with Gasteiger partial charge in [-0.25, -0.2) is 4.98 Å². The van der Waals surface area contributed by atoms with Gasteiger partial charge in [0.25, 0.3) is 0 Å². The summed E-state index contributed by atoms with van der Waals surface area (Å²) in [5.74, 6) is 1.06. The van der Waals surface area contributed by atoms with Crippen molar-refractivity contribution < 1.29 is 0 Å². The van der Waals surface area contributed by atoms with Crippen molar-refractivity contribution in [2.75, 3.05) is 0 Å². The Morgan fingerprint density at radius 1 is 1.88 bits per heavy atom. The number of imidazole rings is 1. The predicted molar refractivity (Wildman–Crippen MR) is 35.8 cm³/mol. The van der Waals surface area contributed by atoms with E-state index in [0.717, 1.165) is 11.2 Å². The maximum atomic E-state index is 4.05. The van der Waals surface area contributed by atoms with Crippen LogP contribution in [0.15, 0.2) is 12.4 Å². The minimum Gasteiger partial charge on any atom is -0.337 e. The molecule has 0 aromatic carbocycles. The highest BCUT2D eigenvalue weighted by molar-refractivity contribution is 9.08. The lowest BCUT2D eigenvalue weighted by Gasteiger charge is -1.91. The molecule has 0 saturated carbocycles. The summed E-state index contributed by atoms with van der Waals surface area (Å²) in [4.78, 5) is 4.05. The van der Waals surface area contributed by atoms with Crippen molar-refractivity contribution >= 4 is 15.9 Å². The van der Waals surface area contributed by atoms with Crippen LogP contribution in [-0.4, -0.2) is 9.55 Å². The first-order chi connectivity index (χ1) is 3.84. The van der Waals surface area contributed by atoms with E-state index in [1.165, 1.54) is 0 Å². The maximum absolute atomic E-state index is 4.05.